The molecule has 0 bridgehead atoms. The van der Waals surface area contributed by atoms with Crippen LogP contribution >= 0.6 is 0 Å². The maximum absolute atomic E-state index is 12.9. The van der Waals surface area contributed by atoms with Crippen LogP contribution in [0.1, 0.15) is 15.9 Å². The Morgan fingerprint density at radius 1 is 1.24 bits per heavy atom. The number of carbonyl (C=O) groups is 1. The average Bonchev–Trinajstić information content (AvgIpc) is 2.61. The fraction of sp³-hybridized carbons (Fsp3) is 0.235. The topological polar surface area (TPSA) is 93.5 Å². The maximum Gasteiger partial charge on any atom is 0.293 e. The summed E-state index contributed by atoms with van der Waals surface area (Å²) in [6.07, 6.45) is 0. The molecule has 1 amide bonds. The third-order valence-electron chi connectivity index (χ3n) is 3.44. The van der Waals surface area contributed by atoms with Crippen molar-refractivity contribution in [1.29, 1.82) is 0 Å². The van der Waals surface area contributed by atoms with Gasteiger partial charge in [-0.3, -0.25) is 14.9 Å². The highest BCUT2D eigenvalue weighted by atomic mass is 19.1. The van der Waals surface area contributed by atoms with Gasteiger partial charge in [-0.2, -0.15) is 0 Å². The van der Waals surface area contributed by atoms with E-state index < -0.39 is 10.8 Å². The Balaban J connectivity index is 2.07. The molecule has 0 saturated carbocycles. The van der Waals surface area contributed by atoms with Crippen LogP contribution in [0.4, 0.5) is 15.8 Å². The average molecular weight is 347 g/mol. The summed E-state index contributed by atoms with van der Waals surface area (Å²) in [6.45, 7) is 1.01. The number of nitrogens with zero attached hydrogens (tertiary/aromatic N) is 1. The van der Waals surface area contributed by atoms with Crippen LogP contribution in [-0.2, 0) is 11.3 Å². The van der Waals surface area contributed by atoms with Crippen molar-refractivity contribution in [1.82, 2.24) is 5.32 Å². The molecule has 2 aromatic rings. The number of amides is 1. The predicted octanol–water partition coefficient (Wildman–Crippen LogP) is 2.72. The SMILES string of the molecule is COCCNc1ccc(C(=O)NCc2ccc(F)cc2)cc1[N+](=O)[O-]. The smallest absolute Gasteiger partial charge is 0.293 e. The van der Waals surface area contributed by atoms with E-state index in [1.807, 2.05) is 0 Å². The van der Waals surface area contributed by atoms with Crippen LogP contribution in [-0.4, -0.2) is 31.1 Å². The van der Waals surface area contributed by atoms with Gasteiger partial charge in [0.1, 0.15) is 11.5 Å². The molecule has 0 unspecified atom stereocenters. The fourth-order valence-corrected chi connectivity index (χ4v) is 2.15. The van der Waals surface area contributed by atoms with E-state index in [1.165, 1.54) is 37.4 Å². The van der Waals surface area contributed by atoms with Crippen LogP contribution in [0.5, 0.6) is 0 Å². The van der Waals surface area contributed by atoms with Crippen molar-refractivity contribution in [3.05, 3.63) is 69.5 Å². The largest absolute Gasteiger partial charge is 0.383 e. The molecule has 0 aromatic heterocycles. The van der Waals surface area contributed by atoms with Gasteiger partial charge in [-0.25, -0.2) is 4.39 Å². The van der Waals surface area contributed by atoms with Gasteiger partial charge in [0.2, 0.25) is 0 Å². The van der Waals surface area contributed by atoms with E-state index in [-0.39, 0.29) is 23.6 Å². The summed E-state index contributed by atoms with van der Waals surface area (Å²) in [7, 11) is 1.53. The standard InChI is InChI=1S/C17H18FN3O4/c1-25-9-8-19-15-7-4-13(10-16(15)21(23)24)17(22)20-11-12-2-5-14(18)6-3-12/h2-7,10,19H,8-9,11H2,1H3,(H,20,22). The minimum Gasteiger partial charge on any atom is -0.383 e. The molecule has 2 N–H and O–H groups in total. The number of nitro benzene ring substituents is 1. The Kier molecular flexibility index (Phi) is 6.41. The second-order valence-corrected chi connectivity index (χ2v) is 5.22. The summed E-state index contributed by atoms with van der Waals surface area (Å²) in [4.78, 5) is 22.8. The van der Waals surface area contributed by atoms with Gasteiger partial charge >= 0.3 is 0 Å². The second-order valence-electron chi connectivity index (χ2n) is 5.22. The quantitative estimate of drug-likeness (QED) is 0.435. The molecule has 8 heteroatoms. The van der Waals surface area contributed by atoms with Crippen molar-refractivity contribution in [2.75, 3.05) is 25.6 Å². The van der Waals surface area contributed by atoms with Gasteiger partial charge in [0.15, 0.2) is 0 Å². The number of benzene rings is 2. The summed E-state index contributed by atoms with van der Waals surface area (Å²) in [5.41, 5.74) is 1.02. The summed E-state index contributed by atoms with van der Waals surface area (Å²) >= 11 is 0. The van der Waals surface area contributed by atoms with E-state index in [4.69, 9.17) is 4.74 Å². The Morgan fingerprint density at radius 3 is 2.60 bits per heavy atom. The lowest BCUT2D eigenvalue weighted by atomic mass is 10.1. The molecule has 0 atom stereocenters. The van der Waals surface area contributed by atoms with Crippen molar-refractivity contribution >= 4 is 17.3 Å². The Bertz CT molecular complexity index is 750. The van der Waals surface area contributed by atoms with E-state index in [9.17, 15) is 19.3 Å². The van der Waals surface area contributed by atoms with E-state index in [0.717, 1.165) is 5.56 Å². The summed E-state index contributed by atoms with van der Waals surface area (Å²) in [6, 6.07) is 9.92. The molecule has 0 aliphatic heterocycles. The van der Waals surface area contributed by atoms with Crippen molar-refractivity contribution in [3.63, 3.8) is 0 Å². The first-order valence-electron chi connectivity index (χ1n) is 7.55. The van der Waals surface area contributed by atoms with Gasteiger partial charge in [-0.15, -0.1) is 0 Å². The van der Waals surface area contributed by atoms with Crippen LogP contribution in [0.2, 0.25) is 0 Å². The molecule has 2 rings (SSSR count). The number of methoxy groups -OCH3 is 1. The van der Waals surface area contributed by atoms with Crippen molar-refractivity contribution in [3.8, 4) is 0 Å². The van der Waals surface area contributed by atoms with E-state index in [0.29, 0.717) is 18.8 Å². The van der Waals surface area contributed by atoms with Gasteiger partial charge in [-0.05, 0) is 29.8 Å². The Morgan fingerprint density at radius 2 is 1.96 bits per heavy atom. The molecule has 2 aromatic carbocycles. The summed E-state index contributed by atoms with van der Waals surface area (Å²) < 4.78 is 17.7. The van der Waals surface area contributed by atoms with Gasteiger partial charge in [-0.1, -0.05) is 12.1 Å². The third-order valence-corrected chi connectivity index (χ3v) is 3.44. The fourth-order valence-electron chi connectivity index (χ4n) is 2.15. The lowest BCUT2D eigenvalue weighted by molar-refractivity contribution is -0.384. The second kappa shape index (κ2) is 8.74. The lowest BCUT2D eigenvalue weighted by Crippen LogP contribution is -2.23. The van der Waals surface area contributed by atoms with Crippen molar-refractivity contribution in [2.45, 2.75) is 6.54 Å². The molecule has 0 aliphatic rings. The Labute approximate surface area is 144 Å². The van der Waals surface area contributed by atoms with Crippen LogP contribution in [0.25, 0.3) is 0 Å². The van der Waals surface area contributed by atoms with Crippen LogP contribution in [0, 0.1) is 15.9 Å². The van der Waals surface area contributed by atoms with E-state index in [1.54, 1.807) is 12.1 Å². The number of halogens is 1. The van der Waals surface area contributed by atoms with Crippen LogP contribution in [0.15, 0.2) is 42.5 Å². The maximum atomic E-state index is 12.9. The zero-order valence-electron chi connectivity index (χ0n) is 13.6. The molecule has 0 heterocycles. The Hall–Kier alpha value is -3.00. The molecule has 0 saturated heterocycles. The number of carbonyl (C=O) groups excluding carboxylic acids is 1. The molecule has 0 aliphatic carbocycles. The normalized spacial score (nSPS) is 10.3. The van der Waals surface area contributed by atoms with Gasteiger partial charge in [0.05, 0.1) is 11.5 Å². The summed E-state index contributed by atoms with van der Waals surface area (Å²) in [5, 5.41) is 16.7. The molecule has 0 radical (unpaired) electrons. The number of nitrogens with one attached hydrogen (secondary N) is 2. The number of ether oxygens (including phenoxy) is 1. The third kappa shape index (κ3) is 5.25. The number of rotatable bonds is 8. The number of anilines is 1. The van der Waals surface area contributed by atoms with E-state index >= 15 is 0 Å². The first kappa shape index (κ1) is 18.3. The molecular weight excluding hydrogens is 329 g/mol. The van der Waals surface area contributed by atoms with Gasteiger partial charge in [0.25, 0.3) is 11.6 Å². The zero-order chi connectivity index (χ0) is 18.2. The predicted molar refractivity (Wildman–Crippen MR) is 91.0 cm³/mol. The minimum atomic E-state index is -0.550. The van der Waals surface area contributed by atoms with Crippen LogP contribution in [0.3, 0.4) is 0 Å². The first-order valence-corrected chi connectivity index (χ1v) is 7.55. The molecule has 7 nitrogen and oxygen atoms in total. The van der Waals surface area contributed by atoms with Crippen molar-refractivity contribution in [2.24, 2.45) is 0 Å². The molecule has 25 heavy (non-hydrogen) atoms. The van der Waals surface area contributed by atoms with Crippen molar-refractivity contribution < 1.29 is 18.8 Å². The number of hydrogen-bond acceptors (Lipinski definition) is 5. The van der Waals surface area contributed by atoms with E-state index in [2.05, 4.69) is 10.6 Å². The number of hydrogen-bond donors (Lipinski definition) is 2. The van der Waals surface area contributed by atoms with Gasteiger partial charge in [0, 0.05) is 31.8 Å². The summed E-state index contributed by atoms with van der Waals surface area (Å²) in [5.74, 6) is -0.807. The molecular formula is C17H18FN3O4. The molecule has 0 spiro atoms. The monoisotopic (exact) mass is 347 g/mol. The van der Waals surface area contributed by atoms with Gasteiger partial charge < -0.3 is 15.4 Å². The highest BCUT2D eigenvalue weighted by Crippen LogP contribution is 2.25. The zero-order valence-corrected chi connectivity index (χ0v) is 13.6. The molecule has 0 fully saturated rings. The highest BCUT2D eigenvalue weighted by molar-refractivity contribution is 5.95. The van der Waals surface area contributed by atoms with Crippen LogP contribution < -0.4 is 10.6 Å². The lowest BCUT2D eigenvalue weighted by Gasteiger charge is -2.09. The number of nitro groups is 1. The highest BCUT2D eigenvalue weighted by Gasteiger charge is 2.17. The minimum absolute atomic E-state index is 0.172. The first-order chi connectivity index (χ1) is 12.0. The molecule has 132 valence electrons.